The summed E-state index contributed by atoms with van der Waals surface area (Å²) in [6.07, 6.45) is 0.148. The highest BCUT2D eigenvalue weighted by Crippen LogP contribution is 2.16. The van der Waals surface area contributed by atoms with Crippen LogP contribution in [0.1, 0.15) is 11.4 Å². The average molecular weight is 387 g/mol. The standard InChI is InChI=1S/C23H18FN3O2/c1-15-25-21-5-3-2-4-20(21)23(29)27(15)19-12-10-18(11-13-19)26-22(28)14-16-6-8-17(24)9-7-16/h2-13H,14H2,1H3,(H,26,28). The average Bonchev–Trinajstić information content (AvgIpc) is 2.71. The van der Waals surface area contributed by atoms with Crippen molar-refractivity contribution < 1.29 is 9.18 Å². The predicted molar refractivity (Wildman–Crippen MR) is 111 cm³/mol. The van der Waals surface area contributed by atoms with E-state index in [4.69, 9.17) is 0 Å². The number of aromatic nitrogens is 2. The van der Waals surface area contributed by atoms with Gasteiger partial charge in [0.2, 0.25) is 5.91 Å². The van der Waals surface area contributed by atoms with Gasteiger partial charge in [0.25, 0.3) is 5.56 Å². The fourth-order valence-electron chi connectivity index (χ4n) is 3.23. The van der Waals surface area contributed by atoms with Gasteiger partial charge in [-0.15, -0.1) is 0 Å². The summed E-state index contributed by atoms with van der Waals surface area (Å²) < 4.78 is 14.5. The lowest BCUT2D eigenvalue weighted by Crippen LogP contribution is -2.22. The predicted octanol–water partition coefficient (Wildman–Crippen LogP) is 4.01. The molecule has 5 nitrogen and oxygen atoms in total. The lowest BCUT2D eigenvalue weighted by molar-refractivity contribution is -0.115. The molecule has 0 radical (unpaired) electrons. The second-order valence-electron chi connectivity index (χ2n) is 6.72. The quantitative estimate of drug-likeness (QED) is 0.575. The molecule has 1 amide bonds. The number of fused-ring (bicyclic) bond motifs is 1. The van der Waals surface area contributed by atoms with E-state index in [1.165, 1.54) is 12.1 Å². The van der Waals surface area contributed by atoms with Crippen molar-refractivity contribution in [2.75, 3.05) is 5.32 Å². The van der Waals surface area contributed by atoms with Crippen LogP contribution in [0.4, 0.5) is 10.1 Å². The molecule has 1 heterocycles. The molecule has 0 saturated heterocycles. The van der Waals surface area contributed by atoms with Gasteiger partial charge in [-0.25, -0.2) is 9.37 Å². The largest absolute Gasteiger partial charge is 0.326 e. The highest BCUT2D eigenvalue weighted by molar-refractivity contribution is 5.92. The summed E-state index contributed by atoms with van der Waals surface area (Å²) >= 11 is 0. The smallest absolute Gasteiger partial charge is 0.265 e. The zero-order valence-corrected chi connectivity index (χ0v) is 15.7. The third-order valence-corrected chi connectivity index (χ3v) is 4.63. The molecule has 0 spiro atoms. The SMILES string of the molecule is Cc1nc2ccccc2c(=O)n1-c1ccc(NC(=O)Cc2ccc(F)cc2)cc1. The molecule has 1 N–H and O–H groups in total. The van der Waals surface area contributed by atoms with Gasteiger partial charge in [0, 0.05) is 5.69 Å². The molecule has 3 aromatic carbocycles. The van der Waals surface area contributed by atoms with Crippen LogP contribution in [0.15, 0.2) is 77.6 Å². The molecular weight excluding hydrogens is 369 g/mol. The zero-order chi connectivity index (χ0) is 20.4. The monoisotopic (exact) mass is 387 g/mol. The van der Waals surface area contributed by atoms with Crippen LogP contribution in [0.5, 0.6) is 0 Å². The van der Waals surface area contributed by atoms with Crippen molar-refractivity contribution in [2.45, 2.75) is 13.3 Å². The topological polar surface area (TPSA) is 64.0 Å². The van der Waals surface area contributed by atoms with E-state index < -0.39 is 0 Å². The summed E-state index contributed by atoms with van der Waals surface area (Å²) in [4.78, 5) is 29.6. The molecule has 0 saturated carbocycles. The highest BCUT2D eigenvalue weighted by Gasteiger charge is 2.10. The Morgan fingerprint density at radius 3 is 2.41 bits per heavy atom. The number of halogens is 1. The van der Waals surface area contributed by atoms with Gasteiger partial charge >= 0.3 is 0 Å². The first-order chi connectivity index (χ1) is 14.0. The van der Waals surface area contributed by atoms with E-state index >= 15 is 0 Å². The number of amides is 1. The van der Waals surface area contributed by atoms with E-state index in [1.54, 1.807) is 54.0 Å². The van der Waals surface area contributed by atoms with Crippen molar-refractivity contribution in [3.8, 4) is 5.69 Å². The van der Waals surface area contributed by atoms with Gasteiger partial charge < -0.3 is 5.32 Å². The molecular formula is C23H18FN3O2. The first-order valence-corrected chi connectivity index (χ1v) is 9.14. The molecule has 6 heteroatoms. The number of carbonyl (C=O) groups is 1. The van der Waals surface area contributed by atoms with Gasteiger partial charge in [0.15, 0.2) is 0 Å². The molecule has 1 aromatic heterocycles. The Kier molecular flexibility index (Phi) is 4.91. The summed E-state index contributed by atoms with van der Waals surface area (Å²) in [5.74, 6) is 0.0466. The normalized spacial score (nSPS) is 10.8. The molecule has 29 heavy (non-hydrogen) atoms. The van der Waals surface area contributed by atoms with Gasteiger partial charge in [-0.2, -0.15) is 0 Å². The maximum atomic E-state index is 13.0. The Morgan fingerprint density at radius 1 is 1.00 bits per heavy atom. The molecule has 0 fully saturated rings. The fraction of sp³-hybridized carbons (Fsp3) is 0.0870. The van der Waals surface area contributed by atoms with E-state index in [9.17, 15) is 14.0 Å². The summed E-state index contributed by atoms with van der Waals surface area (Å²) in [7, 11) is 0. The number of nitrogens with zero attached hydrogens (tertiary/aromatic N) is 2. The second-order valence-corrected chi connectivity index (χ2v) is 6.72. The third-order valence-electron chi connectivity index (χ3n) is 4.63. The van der Waals surface area contributed by atoms with Crippen LogP contribution >= 0.6 is 0 Å². The molecule has 0 aliphatic heterocycles. The number of aryl methyl sites for hydroxylation is 1. The summed E-state index contributed by atoms with van der Waals surface area (Å²) in [6.45, 7) is 1.78. The molecule has 0 bridgehead atoms. The maximum absolute atomic E-state index is 13.0. The van der Waals surface area contributed by atoms with Crippen LogP contribution in [0.25, 0.3) is 16.6 Å². The minimum Gasteiger partial charge on any atom is -0.326 e. The maximum Gasteiger partial charge on any atom is 0.265 e. The van der Waals surface area contributed by atoms with Crippen LogP contribution in [0.2, 0.25) is 0 Å². The number of para-hydroxylation sites is 1. The van der Waals surface area contributed by atoms with Crippen molar-refractivity contribution >= 4 is 22.5 Å². The van der Waals surface area contributed by atoms with Gasteiger partial charge in [0.05, 0.1) is 23.0 Å². The Bertz CT molecular complexity index is 1250. The van der Waals surface area contributed by atoms with E-state index in [2.05, 4.69) is 10.3 Å². The first-order valence-electron chi connectivity index (χ1n) is 9.14. The van der Waals surface area contributed by atoms with E-state index in [1.807, 2.05) is 18.2 Å². The van der Waals surface area contributed by atoms with Crippen LogP contribution in [0, 0.1) is 12.7 Å². The second kappa shape index (κ2) is 7.67. The van der Waals surface area contributed by atoms with Crippen LogP contribution < -0.4 is 10.9 Å². The van der Waals surface area contributed by atoms with Crippen LogP contribution in [-0.4, -0.2) is 15.5 Å². The van der Waals surface area contributed by atoms with Crippen molar-refractivity contribution in [1.82, 2.24) is 9.55 Å². The molecule has 0 aliphatic carbocycles. The Labute approximate surface area is 166 Å². The molecule has 4 rings (SSSR count). The lowest BCUT2D eigenvalue weighted by Gasteiger charge is -2.12. The molecule has 0 unspecified atom stereocenters. The number of carbonyl (C=O) groups excluding carboxylic acids is 1. The number of hydrogen-bond acceptors (Lipinski definition) is 3. The molecule has 4 aromatic rings. The number of hydrogen-bond donors (Lipinski definition) is 1. The summed E-state index contributed by atoms with van der Waals surface area (Å²) in [5.41, 5.74) is 2.53. The molecule has 0 aliphatic rings. The Hall–Kier alpha value is -3.80. The van der Waals surface area contributed by atoms with Crippen LogP contribution in [0.3, 0.4) is 0 Å². The highest BCUT2D eigenvalue weighted by atomic mass is 19.1. The third kappa shape index (κ3) is 3.91. The van der Waals surface area contributed by atoms with E-state index in [0.29, 0.717) is 28.1 Å². The molecule has 144 valence electrons. The van der Waals surface area contributed by atoms with E-state index in [0.717, 1.165) is 5.56 Å². The molecule has 0 atom stereocenters. The Balaban J connectivity index is 1.55. The van der Waals surface area contributed by atoms with E-state index in [-0.39, 0.29) is 23.7 Å². The number of anilines is 1. The fourth-order valence-corrected chi connectivity index (χ4v) is 3.23. The van der Waals surface area contributed by atoms with Crippen molar-refractivity contribution in [1.29, 1.82) is 0 Å². The minimum absolute atomic E-state index is 0.138. The Morgan fingerprint density at radius 2 is 1.69 bits per heavy atom. The van der Waals surface area contributed by atoms with Gasteiger partial charge in [-0.1, -0.05) is 24.3 Å². The van der Waals surface area contributed by atoms with Gasteiger partial charge in [-0.3, -0.25) is 14.2 Å². The van der Waals surface area contributed by atoms with Crippen molar-refractivity contribution in [3.05, 3.63) is 100 Å². The van der Waals surface area contributed by atoms with Gasteiger partial charge in [-0.05, 0) is 61.0 Å². The van der Waals surface area contributed by atoms with Gasteiger partial charge in [0.1, 0.15) is 11.6 Å². The first kappa shape index (κ1) is 18.6. The minimum atomic E-state index is -0.335. The lowest BCUT2D eigenvalue weighted by atomic mass is 10.1. The van der Waals surface area contributed by atoms with Crippen molar-refractivity contribution in [3.63, 3.8) is 0 Å². The van der Waals surface area contributed by atoms with Crippen LogP contribution in [-0.2, 0) is 11.2 Å². The number of rotatable bonds is 4. The zero-order valence-electron chi connectivity index (χ0n) is 15.7. The summed E-state index contributed by atoms with van der Waals surface area (Å²) in [5, 5.41) is 3.36. The number of nitrogens with one attached hydrogen (secondary N) is 1. The van der Waals surface area contributed by atoms with Crippen molar-refractivity contribution in [2.24, 2.45) is 0 Å². The number of benzene rings is 3. The summed E-state index contributed by atoms with van der Waals surface area (Å²) in [6, 6.07) is 20.0.